The molecular formula is C18H22N8O. The van der Waals surface area contributed by atoms with Gasteiger partial charge in [0.25, 0.3) is 0 Å². The standard InChI is InChI=1S/C18H22N8O/c1-25(18-14-2-3-19-17(14)21-9-22-18)13-4-11-7-26(8-12(11)5-13)16(27)6-15-20-10-23-24-15/h2-3,9,11-13H,4-8,10H2,1H3,(H,19,21,22)/t11-,12+,13?. The number of H-pyrrole nitrogens is 1. The summed E-state index contributed by atoms with van der Waals surface area (Å²) in [4.78, 5) is 32.8. The van der Waals surface area contributed by atoms with Gasteiger partial charge in [-0.05, 0) is 30.7 Å². The summed E-state index contributed by atoms with van der Waals surface area (Å²) in [6, 6.07) is 2.47. The molecule has 9 heteroatoms. The van der Waals surface area contributed by atoms with Crippen LogP contribution in [0.1, 0.15) is 19.3 Å². The maximum absolute atomic E-state index is 12.5. The molecule has 0 radical (unpaired) electrons. The largest absolute Gasteiger partial charge is 0.356 e. The molecule has 4 heterocycles. The molecule has 2 aromatic rings. The number of nitrogens with one attached hydrogen (secondary N) is 1. The van der Waals surface area contributed by atoms with Gasteiger partial charge in [0.2, 0.25) is 5.91 Å². The smallest absolute Gasteiger partial charge is 0.230 e. The zero-order valence-electron chi connectivity index (χ0n) is 15.2. The molecule has 3 aliphatic rings. The molecule has 0 spiro atoms. The molecule has 2 fully saturated rings. The average molecular weight is 366 g/mol. The van der Waals surface area contributed by atoms with Crippen molar-refractivity contribution in [2.75, 3.05) is 31.7 Å². The zero-order valence-corrected chi connectivity index (χ0v) is 15.2. The van der Waals surface area contributed by atoms with Crippen LogP contribution in [0.3, 0.4) is 0 Å². The second kappa shape index (κ2) is 6.40. The van der Waals surface area contributed by atoms with E-state index in [0.29, 0.717) is 30.4 Å². The second-order valence-corrected chi connectivity index (χ2v) is 7.63. The van der Waals surface area contributed by atoms with Crippen LogP contribution in [-0.4, -0.2) is 64.4 Å². The van der Waals surface area contributed by atoms with Crippen molar-refractivity contribution in [3.8, 4) is 0 Å². The van der Waals surface area contributed by atoms with E-state index in [4.69, 9.17) is 0 Å². The number of aliphatic imine (C=N–C) groups is 1. The van der Waals surface area contributed by atoms with Gasteiger partial charge in [-0.2, -0.15) is 5.11 Å². The van der Waals surface area contributed by atoms with E-state index in [1.54, 1.807) is 6.33 Å². The molecule has 1 saturated heterocycles. The topological polar surface area (TPSA) is 102 Å². The van der Waals surface area contributed by atoms with Crippen LogP contribution >= 0.6 is 0 Å². The molecule has 3 atom stereocenters. The number of hydrogen-bond donors (Lipinski definition) is 1. The Morgan fingerprint density at radius 3 is 2.85 bits per heavy atom. The number of fused-ring (bicyclic) bond motifs is 2. The van der Waals surface area contributed by atoms with E-state index in [1.165, 1.54) is 0 Å². The minimum atomic E-state index is 0.124. The molecule has 2 aromatic heterocycles. The molecule has 5 rings (SSSR count). The van der Waals surface area contributed by atoms with Gasteiger partial charge in [0.1, 0.15) is 17.8 Å². The van der Waals surface area contributed by atoms with Crippen molar-refractivity contribution in [3.63, 3.8) is 0 Å². The number of amides is 1. The molecule has 9 nitrogen and oxygen atoms in total. The number of rotatable bonds is 4. The quantitative estimate of drug-likeness (QED) is 0.892. The van der Waals surface area contributed by atoms with Gasteiger partial charge in [0.15, 0.2) is 12.5 Å². The predicted molar refractivity (Wildman–Crippen MR) is 101 cm³/mol. The molecule has 2 aliphatic heterocycles. The fraction of sp³-hybridized carbons (Fsp3) is 0.556. The highest BCUT2D eigenvalue weighted by molar-refractivity contribution is 6.00. The molecule has 1 aliphatic carbocycles. The van der Waals surface area contributed by atoms with E-state index < -0.39 is 0 Å². The fourth-order valence-corrected chi connectivity index (χ4v) is 4.70. The summed E-state index contributed by atoms with van der Waals surface area (Å²) in [5.74, 6) is 2.77. The lowest BCUT2D eigenvalue weighted by Gasteiger charge is -2.28. The van der Waals surface area contributed by atoms with Gasteiger partial charge >= 0.3 is 0 Å². The summed E-state index contributed by atoms with van der Waals surface area (Å²) in [6.07, 6.45) is 5.96. The van der Waals surface area contributed by atoms with E-state index >= 15 is 0 Å². The van der Waals surface area contributed by atoms with E-state index in [2.05, 4.69) is 42.1 Å². The number of amidine groups is 1. The summed E-state index contributed by atoms with van der Waals surface area (Å²) in [6.45, 7) is 2.03. The summed E-state index contributed by atoms with van der Waals surface area (Å²) < 4.78 is 0. The molecule has 1 unspecified atom stereocenters. The minimum Gasteiger partial charge on any atom is -0.356 e. The molecule has 140 valence electrons. The van der Waals surface area contributed by atoms with E-state index in [-0.39, 0.29) is 12.3 Å². The maximum atomic E-state index is 12.5. The Bertz CT molecular complexity index is 920. The lowest BCUT2D eigenvalue weighted by molar-refractivity contribution is -0.129. The first-order chi connectivity index (χ1) is 13.2. The van der Waals surface area contributed by atoms with Crippen molar-refractivity contribution in [2.45, 2.75) is 25.3 Å². The van der Waals surface area contributed by atoms with E-state index in [9.17, 15) is 4.79 Å². The number of aromatic amines is 1. The van der Waals surface area contributed by atoms with Crippen LogP contribution in [0.2, 0.25) is 0 Å². The number of carbonyl (C=O) groups excluding carboxylic acids is 1. The number of azo groups is 1. The van der Waals surface area contributed by atoms with Gasteiger partial charge in [-0.1, -0.05) is 0 Å². The van der Waals surface area contributed by atoms with Crippen LogP contribution in [0.25, 0.3) is 11.0 Å². The highest BCUT2D eigenvalue weighted by Crippen LogP contribution is 2.41. The Morgan fingerprint density at radius 2 is 2.11 bits per heavy atom. The molecule has 0 aromatic carbocycles. The third-order valence-corrected chi connectivity index (χ3v) is 6.11. The number of anilines is 1. The normalized spacial score (nSPS) is 26.6. The lowest BCUT2D eigenvalue weighted by Crippen LogP contribution is -2.35. The molecule has 27 heavy (non-hydrogen) atoms. The Labute approximate surface area is 156 Å². The van der Waals surface area contributed by atoms with Crippen LogP contribution < -0.4 is 4.90 Å². The monoisotopic (exact) mass is 366 g/mol. The SMILES string of the molecule is CN(c1ncnc2[nH]ccc12)C1C[C@@H]2CN(C(=O)CC3=NCN=N3)C[C@@H]2C1. The van der Waals surface area contributed by atoms with Crippen molar-refractivity contribution >= 4 is 28.6 Å². The van der Waals surface area contributed by atoms with Crippen molar-refractivity contribution in [1.82, 2.24) is 19.9 Å². The summed E-state index contributed by atoms with van der Waals surface area (Å²) in [5.41, 5.74) is 0.869. The first kappa shape index (κ1) is 16.3. The number of likely N-dealkylation sites (tertiary alicyclic amines) is 1. The first-order valence-corrected chi connectivity index (χ1v) is 9.38. The summed E-state index contributed by atoms with van der Waals surface area (Å²) in [5, 5.41) is 8.78. The molecule has 0 bridgehead atoms. The maximum Gasteiger partial charge on any atom is 0.230 e. The predicted octanol–water partition coefficient (Wildman–Crippen LogP) is 1.84. The molecular weight excluding hydrogens is 344 g/mol. The number of hydrogen-bond acceptors (Lipinski definition) is 7. The third kappa shape index (κ3) is 2.87. The molecule has 1 N–H and O–H groups in total. The van der Waals surface area contributed by atoms with Gasteiger partial charge in [-0.25, -0.2) is 15.0 Å². The van der Waals surface area contributed by atoms with Crippen molar-refractivity contribution in [1.29, 1.82) is 0 Å². The van der Waals surface area contributed by atoms with Gasteiger partial charge < -0.3 is 14.8 Å². The zero-order chi connectivity index (χ0) is 18.4. The van der Waals surface area contributed by atoms with Crippen molar-refractivity contribution < 1.29 is 4.79 Å². The van der Waals surface area contributed by atoms with Crippen LogP contribution in [-0.2, 0) is 4.79 Å². The van der Waals surface area contributed by atoms with Crippen molar-refractivity contribution in [3.05, 3.63) is 18.6 Å². The minimum absolute atomic E-state index is 0.124. The lowest BCUT2D eigenvalue weighted by atomic mass is 10.0. The summed E-state index contributed by atoms with van der Waals surface area (Å²) >= 11 is 0. The first-order valence-electron chi connectivity index (χ1n) is 9.38. The molecule has 1 saturated carbocycles. The fourth-order valence-electron chi connectivity index (χ4n) is 4.70. The van der Waals surface area contributed by atoms with Crippen LogP contribution in [0, 0.1) is 11.8 Å². The van der Waals surface area contributed by atoms with Crippen molar-refractivity contribution in [2.24, 2.45) is 27.1 Å². The number of aromatic nitrogens is 3. The van der Waals surface area contributed by atoms with E-state index in [1.807, 2.05) is 17.2 Å². The Morgan fingerprint density at radius 1 is 1.30 bits per heavy atom. The van der Waals surface area contributed by atoms with Crippen LogP contribution in [0.15, 0.2) is 33.8 Å². The molecule has 1 amide bonds. The number of carbonyl (C=O) groups is 1. The average Bonchev–Trinajstić information content (AvgIpc) is 3.42. The van der Waals surface area contributed by atoms with Gasteiger partial charge in [-0.15, -0.1) is 5.11 Å². The highest BCUT2D eigenvalue weighted by atomic mass is 16.2. The summed E-state index contributed by atoms with van der Waals surface area (Å²) in [7, 11) is 2.12. The third-order valence-electron chi connectivity index (χ3n) is 6.11. The Balaban J connectivity index is 1.24. The second-order valence-electron chi connectivity index (χ2n) is 7.63. The van der Waals surface area contributed by atoms with Gasteiger partial charge in [-0.3, -0.25) is 4.79 Å². The van der Waals surface area contributed by atoms with Gasteiger partial charge in [0, 0.05) is 32.4 Å². The Kier molecular flexibility index (Phi) is 3.87. The van der Waals surface area contributed by atoms with Gasteiger partial charge in [0.05, 0.1) is 11.8 Å². The highest BCUT2D eigenvalue weighted by Gasteiger charge is 2.43. The number of nitrogens with zero attached hydrogens (tertiary/aromatic N) is 7. The van der Waals surface area contributed by atoms with Crippen LogP contribution in [0.5, 0.6) is 0 Å². The van der Waals surface area contributed by atoms with Crippen LogP contribution in [0.4, 0.5) is 5.82 Å². The Hall–Kier alpha value is -2.84. The van der Waals surface area contributed by atoms with E-state index in [0.717, 1.165) is 42.8 Å².